The molecule has 3 rings (SSSR count). The fourth-order valence-corrected chi connectivity index (χ4v) is 3.49. The SMILES string of the molecule is O=C(C=Cc1ccc(Cl)cc1Cl)Nc1nc(-c2ccc(Br)cc2)cs1. The van der Waals surface area contributed by atoms with Crippen LogP contribution in [0.1, 0.15) is 5.56 Å². The van der Waals surface area contributed by atoms with E-state index in [4.69, 9.17) is 23.2 Å². The molecule has 2 aromatic carbocycles. The van der Waals surface area contributed by atoms with Crippen molar-refractivity contribution >= 4 is 67.6 Å². The molecule has 0 aliphatic heterocycles. The molecule has 0 bridgehead atoms. The molecular weight excluding hydrogens is 443 g/mol. The van der Waals surface area contributed by atoms with Gasteiger partial charge >= 0.3 is 0 Å². The molecule has 0 fully saturated rings. The van der Waals surface area contributed by atoms with Crippen molar-refractivity contribution < 1.29 is 4.79 Å². The molecule has 0 aliphatic rings. The van der Waals surface area contributed by atoms with Gasteiger partial charge in [-0.05, 0) is 35.9 Å². The second-order valence-corrected chi connectivity index (χ2v) is 7.65. The molecular formula is C18H11BrCl2N2OS. The summed E-state index contributed by atoms with van der Waals surface area (Å²) >= 11 is 16.7. The van der Waals surface area contributed by atoms with Crippen molar-refractivity contribution in [3.05, 3.63) is 74.0 Å². The predicted molar refractivity (Wildman–Crippen MR) is 109 cm³/mol. The summed E-state index contributed by atoms with van der Waals surface area (Å²) in [5, 5.41) is 6.23. The van der Waals surface area contributed by atoms with Gasteiger partial charge in [-0.2, -0.15) is 0 Å². The quantitative estimate of drug-likeness (QED) is 0.456. The Kier molecular flexibility index (Phi) is 5.91. The molecule has 25 heavy (non-hydrogen) atoms. The van der Waals surface area contributed by atoms with Crippen LogP contribution in [0.5, 0.6) is 0 Å². The van der Waals surface area contributed by atoms with E-state index in [1.54, 1.807) is 24.3 Å². The van der Waals surface area contributed by atoms with E-state index in [1.165, 1.54) is 17.4 Å². The third-order valence-corrected chi connectivity index (χ3v) is 5.10. The molecule has 126 valence electrons. The number of aromatic nitrogens is 1. The van der Waals surface area contributed by atoms with Crippen molar-refractivity contribution in [1.29, 1.82) is 0 Å². The third-order valence-electron chi connectivity index (χ3n) is 3.25. The fraction of sp³-hybridized carbons (Fsp3) is 0. The van der Waals surface area contributed by atoms with Gasteiger partial charge < -0.3 is 0 Å². The molecule has 0 radical (unpaired) electrons. The zero-order valence-corrected chi connectivity index (χ0v) is 16.6. The second-order valence-electron chi connectivity index (χ2n) is 5.03. The highest BCUT2D eigenvalue weighted by atomic mass is 79.9. The van der Waals surface area contributed by atoms with Crippen molar-refractivity contribution in [1.82, 2.24) is 4.98 Å². The molecule has 1 aromatic heterocycles. The van der Waals surface area contributed by atoms with E-state index in [0.29, 0.717) is 15.2 Å². The average Bonchev–Trinajstić information content (AvgIpc) is 3.03. The lowest BCUT2D eigenvalue weighted by Crippen LogP contribution is -2.07. The van der Waals surface area contributed by atoms with Crippen LogP contribution in [0.3, 0.4) is 0 Å². The number of benzene rings is 2. The molecule has 1 amide bonds. The number of anilines is 1. The summed E-state index contributed by atoms with van der Waals surface area (Å²) in [7, 11) is 0. The van der Waals surface area contributed by atoms with E-state index in [9.17, 15) is 4.79 Å². The smallest absolute Gasteiger partial charge is 0.250 e. The van der Waals surface area contributed by atoms with Gasteiger partial charge in [0.15, 0.2) is 5.13 Å². The zero-order chi connectivity index (χ0) is 17.8. The van der Waals surface area contributed by atoms with Gasteiger partial charge in [0.05, 0.1) is 5.69 Å². The first-order valence-electron chi connectivity index (χ1n) is 7.17. The van der Waals surface area contributed by atoms with Crippen LogP contribution in [0.15, 0.2) is 58.4 Å². The van der Waals surface area contributed by atoms with Crippen LogP contribution in [-0.4, -0.2) is 10.9 Å². The van der Waals surface area contributed by atoms with Gasteiger partial charge in [0.1, 0.15) is 0 Å². The third kappa shape index (κ3) is 4.92. The molecule has 7 heteroatoms. The summed E-state index contributed by atoms with van der Waals surface area (Å²) in [6, 6.07) is 12.9. The molecule has 1 N–H and O–H groups in total. The number of rotatable bonds is 4. The van der Waals surface area contributed by atoms with Gasteiger partial charge in [-0.25, -0.2) is 4.98 Å². The molecule has 3 aromatic rings. The molecule has 0 spiro atoms. The summed E-state index contributed by atoms with van der Waals surface area (Å²) in [6.45, 7) is 0. The lowest BCUT2D eigenvalue weighted by Gasteiger charge is -1.99. The van der Waals surface area contributed by atoms with Gasteiger partial charge in [-0.1, -0.05) is 57.3 Å². The highest BCUT2D eigenvalue weighted by Gasteiger charge is 2.07. The maximum atomic E-state index is 12.0. The number of thiazole rings is 1. The topological polar surface area (TPSA) is 42.0 Å². The Hall–Kier alpha value is -1.66. The Bertz CT molecular complexity index is 939. The van der Waals surface area contributed by atoms with Gasteiger partial charge in [-0.15, -0.1) is 11.3 Å². The van der Waals surface area contributed by atoms with Crippen LogP contribution in [-0.2, 0) is 4.79 Å². The molecule has 0 saturated carbocycles. The zero-order valence-electron chi connectivity index (χ0n) is 12.7. The van der Waals surface area contributed by atoms with E-state index >= 15 is 0 Å². The van der Waals surface area contributed by atoms with Gasteiger partial charge in [-0.3, -0.25) is 10.1 Å². The first kappa shape index (κ1) is 18.1. The molecule has 0 aliphatic carbocycles. The van der Waals surface area contributed by atoms with E-state index < -0.39 is 0 Å². The molecule has 3 nitrogen and oxygen atoms in total. The number of amides is 1. The van der Waals surface area contributed by atoms with E-state index in [-0.39, 0.29) is 5.91 Å². The number of carbonyl (C=O) groups is 1. The first-order chi connectivity index (χ1) is 12.0. The van der Waals surface area contributed by atoms with Crippen LogP contribution in [0.2, 0.25) is 10.0 Å². The normalized spacial score (nSPS) is 11.0. The average molecular weight is 454 g/mol. The number of carbonyl (C=O) groups excluding carboxylic acids is 1. The Labute approximate surface area is 167 Å². The highest BCUT2D eigenvalue weighted by molar-refractivity contribution is 9.10. The molecule has 0 atom stereocenters. The van der Waals surface area contributed by atoms with E-state index in [2.05, 4.69) is 26.2 Å². The summed E-state index contributed by atoms with van der Waals surface area (Å²) in [4.78, 5) is 16.5. The lowest BCUT2D eigenvalue weighted by atomic mass is 10.2. The number of hydrogen-bond donors (Lipinski definition) is 1. The van der Waals surface area contributed by atoms with Crippen LogP contribution < -0.4 is 5.32 Å². The van der Waals surface area contributed by atoms with Crippen molar-refractivity contribution in [3.63, 3.8) is 0 Å². The minimum absolute atomic E-state index is 0.275. The highest BCUT2D eigenvalue weighted by Crippen LogP contribution is 2.26. The second kappa shape index (κ2) is 8.15. The van der Waals surface area contributed by atoms with Gasteiger partial charge in [0.25, 0.3) is 0 Å². The van der Waals surface area contributed by atoms with Crippen molar-refractivity contribution in [2.75, 3.05) is 5.32 Å². The van der Waals surface area contributed by atoms with Crippen LogP contribution in [0, 0.1) is 0 Å². The van der Waals surface area contributed by atoms with Crippen molar-refractivity contribution in [2.45, 2.75) is 0 Å². The molecule has 1 heterocycles. The molecule has 0 saturated heterocycles. The monoisotopic (exact) mass is 452 g/mol. The van der Waals surface area contributed by atoms with Crippen molar-refractivity contribution in [3.8, 4) is 11.3 Å². The Balaban J connectivity index is 1.67. The van der Waals surface area contributed by atoms with E-state index in [1.807, 2.05) is 29.6 Å². The number of nitrogens with zero attached hydrogens (tertiary/aromatic N) is 1. The maximum absolute atomic E-state index is 12.0. The largest absolute Gasteiger partial charge is 0.298 e. The van der Waals surface area contributed by atoms with Gasteiger partial charge in [0.2, 0.25) is 5.91 Å². The number of halogens is 3. The fourth-order valence-electron chi connectivity index (χ4n) is 2.03. The standard InChI is InChI=1S/C18H11BrCl2N2OS/c19-13-5-1-12(2-6-13)16-10-25-18(22-16)23-17(24)8-4-11-3-7-14(20)9-15(11)21/h1-10H,(H,22,23,24). The minimum atomic E-state index is -0.275. The van der Waals surface area contributed by atoms with Crippen molar-refractivity contribution in [2.24, 2.45) is 0 Å². The van der Waals surface area contributed by atoms with Crippen LogP contribution >= 0.6 is 50.5 Å². The number of nitrogens with one attached hydrogen (secondary N) is 1. The number of hydrogen-bond acceptors (Lipinski definition) is 3. The molecule has 0 unspecified atom stereocenters. The Morgan fingerprint density at radius 3 is 2.64 bits per heavy atom. The Morgan fingerprint density at radius 2 is 1.92 bits per heavy atom. The Morgan fingerprint density at radius 1 is 1.16 bits per heavy atom. The van der Waals surface area contributed by atoms with E-state index in [0.717, 1.165) is 21.3 Å². The first-order valence-corrected chi connectivity index (χ1v) is 9.60. The summed E-state index contributed by atoms with van der Waals surface area (Å²) in [5.74, 6) is -0.275. The maximum Gasteiger partial charge on any atom is 0.250 e. The lowest BCUT2D eigenvalue weighted by molar-refractivity contribution is -0.111. The predicted octanol–water partition coefficient (Wildman–Crippen LogP) is 6.53. The van der Waals surface area contributed by atoms with Gasteiger partial charge in [0, 0.05) is 31.5 Å². The summed E-state index contributed by atoms with van der Waals surface area (Å²) in [5.41, 5.74) is 2.52. The summed E-state index contributed by atoms with van der Waals surface area (Å²) in [6.07, 6.45) is 3.05. The van der Waals surface area contributed by atoms with Crippen LogP contribution in [0.25, 0.3) is 17.3 Å². The minimum Gasteiger partial charge on any atom is -0.298 e. The summed E-state index contributed by atoms with van der Waals surface area (Å²) < 4.78 is 1.01. The van der Waals surface area contributed by atoms with Crippen LogP contribution in [0.4, 0.5) is 5.13 Å².